The van der Waals surface area contributed by atoms with Crippen LogP contribution in [0.25, 0.3) is 0 Å². The van der Waals surface area contributed by atoms with Crippen molar-refractivity contribution >= 4 is 5.97 Å². The lowest BCUT2D eigenvalue weighted by molar-refractivity contribution is -0.132. The predicted octanol–water partition coefficient (Wildman–Crippen LogP) is 5.65. The van der Waals surface area contributed by atoms with Crippen molar-refractivity contribution in [1.82, 2.24) is 4.90 Å². The molecule has 0 radical (unpaired) electrons. The van der Waals surface area contributed by atoms with E-state index in [0.717, 1.165) is 12.8 Å². The maximum atomic E-state index is 10.6. The molecule has 0 rings (SSSR count). The Hall–Kier alpha value is -0.830. The van der Waals surface area contributed by atoms with Crippen molar-refractivity contribution in [2.75, 3.05) is 19.6 Å². The number of carboxylic acid groups (broad SMARTS) is 1. The topological polar surface area (TPSA) is 40.5 Å². The van der Waals surface area contributed by atoms with Crippen LogP contribution in [0, 0.1) is 0 Å². The summed E-state index contributed by atoms with van der Waals surface area (Å²) < 4.78 is 0. The number of aliphatic carboxylic acids is 1. The number of nitrogens with zero attached hydrogens (tertiary/aromatic N) is 1. The molecule has 0 aromatic carbocycles. The first-order chi connectivity index (χ1) is 11.1. The second-order valence-corrected chi connectivity index (χ2v) is 6.57. The normalized spacial score (nSPS) is 11.1. The summed E-state index contributed by atoms with van der Waals surface area (Å²) >= 11 is 0. The smallest absolute Gasteiger partial charge is 0.330 e. The summed E-state index contributed by atoms with van der Waals surface area (Å²) in [6, 6.07) is 0. The maximum absolute atomic E-state index is 10.6. The minimum atomic E-state index is -0.845. The number of unbranched alkanes of at least 4 members (excludes halogenated alkanes) is 10. The Morgan fingerprint density at radius 1 is 0.783 bits per heavy atom. The molecule has 0 spiro atoms. The van der Waals surface area contributed by atoms with Gasteiger partial charge in [-0.05, 0) is 38.9 Å². The van der Waals surface area contributed by atoms with Crippen LogP contribution in [-0.4, -0.2) is 35.6 Å². The van der Waals surface area contributed by atoms with E-state index in [1.54, 1.807) is 0 Å². The molecule has 0 saturated carbocycles. The lowest BCUT2D eigenvalue weighted by atomic mass is 10.0. The van der Waals surface area contributed by atoms with E-state index in [1.165, 1.54) is 77.4 Å². The number of carboxylic acids is 1. The molecule has 23 heavy (non-hydrogen) atoms. The number of carbonyl (C=O) groups is 1. The number of hydrogen-bond donors (Lipinski definition) is 1. The van der Waals surface area contributed by atoms with E-state index >= 15 is 0 Å². The summed E-state index contributed by atoms with van der Waals surface area (Å²) in [4.78, 5) is 13.1. The van der Waals surface area contributed by atoms with Gasteiger partial charge in [0.25, 0.3) is 0 Å². The first-order valence-corrected chi connectivity index (χ1v) is 9.75. The molecule has 0 unspecified atom stereocenters. The van der Waals surface area contributed by atoms with Crippen LogP contribution in [0.3, 0.4) is 0 Å². The van der Waals surface area contributed by atoms with E-state index in [1.807, 2.05) is 0 Å². The van der Waals surface area contributed by atoms with Crippen molar-refractivity contribution < 1.29 is 9.90 Å². The van der Waals surface area contributed by atoms with Crippen LogP contribution in [0.5, 0.6) is 0 Å². The highest BCUT2D eigenvalue weighted by Crippen LogP contribution is 2.13. The quantitative estimate of drug-likeness (QED) is 0.277. The Morgan fingerprint density at radius 2 is 1.17 bits per heavy atom. The highest BCUT2D eigenvalue weighted by molar-refractivity contribution is 5.85. The Labute approximate surface area is 144 Å². The van der Waals surface area contributed by atoms with Gasteiger partial charge in [-0.15, -0.1) is 0 Å². The molecule has 0 atom stereocenters. The Kier molecular flexibility index (Phi) is 15.5. The first kappa shape index (κ1) is 22.2. The third kappa shape index (κ3) is 14.5. The number of rotatable bonds is 17. The molecular weight excluding hydrogens is 286 g/mol. The zero-order valence-corrected chi connectivity index (χ0v) is 15.6. The van der Waals surface area contributed by atoms with Gasteiger partial charge in [0, 0.05) is 5.57 Å². The monoisotopic (exact) mass is 325 g/mol. The minimum Gasteiger partial charge on any atom is -0.478 e. The molecule has 0 bridgehead atoms. The molecule has 0 aromatic heterocycles. The largest absolute Gasteiger partial charge is 0.478 e. The van der Waals surface area contributed by atoms with Gasteiger partial charge in [-0.1, -0.05) is 78.2 Å². The molecule has 0 saturated heterocycles. The van der Waals surface area contributed by atoms with Gasteiger partial charge in [0.2, 0.25) is 0 Å². The zero-order chi connectivity index (χ0) is 17.3. The summed E-state index contributed by atoms with van der Waals surface area (Å²) in [5, 5.41) is 8.71. The van der Waals surface area contributed by atoms with Gasteiger partial charge in [-0.3, -0.25) is 0 Å². The van der Waals surface area contributed by atoms with E-state index in [9.17, 15) is 4.79 Å². The Bertz CT molecular complexity index is 298. The molecule has 0 aliphatic carbocycles. The molecule has 0 aromatic rings. The van der Waals surface area contributed by atoms with Crippen molar-refractivity contribution in [2.45, 2.75) is 90.9 Å². The van der Waals surface area contributed by atoms with Crippen LogP contribution in [-0.2, 0) is 4.79 Å². The van der Waals surface area contributed by atoms with Gasteiger partial charge in [-0.2, -0.15) is 0 Å². The van der Waals surface area contributed by atoms with Gasteiger partial charge in [0.1, 0.15) is 0 Å². The van der Waals surface area contributed by atoms with Gasteiger partial charge in [0.05, 0.1) is 0 Å². The van der Waals surface area contributed by atoms with Crippen LogP contribution in [0.1, 0.15) is 90.9 Å². The molecule has 0 aliphatic rings. The van der Waals surface area contributed by atoms with E-state index in [2.05, 4.69) is 25.3 Å². The molecule has 0 heterocycles. The summed E-state index contributed by atoms with van der Waals surface area (Å²) in [5.74, 6) is -0.845. The molecule has 136 valence electrons. The fourth-order valence-corrected chi connectivity index (χ4v) is 2.91. The number of hydrogen-bond acceptors (Lipinski definition) is 2. The summed E-state index contributed by atoms with van der Waals surface area (Å²) in [5.41, 5.74) is 0.353. The third-order valence-electron chi connectivity index (χ3n) is 4.65. The molecule has 0 amide bonds. The van der Waals surface area contributed by atoms with Crippen molar-refractivity contribution in [1.29, 1.82) is 0 Å². The van der Waals surface area contributed by atoms with Crippen LogP contribution in [0.4, 0.5) is 0 Å². The Balaban J connectivity index is 3.16. The standard InChI is InChI=1S/C20H39NO2/c1-4-21(5-2)18-16-14-12-10-8-6-7-9-11-13-15-17-19(3)20(22)23/h3-18H2,1-2H3,(H,22,23). The van der Waals surface area contributed by atoms with Gasteiger partial charge >= 0.3 is 5.97 Å². The second-order valence-electron chi connectivity index (χ2n) is 6.57. The third-order valence-corrected chi connectivity index (χ3v) is 4.65. The second kappa shape index (κ2) is 16.0. The molecule has 3 heteroatoms. The SMILES string of the molecule is C=C(CCCCCCCCCCCCCN(CC)CC)C(=O)O. The zero-order valence-electron chi connectivity index (χ0n) is 15.6. The summed E-state index contributed by atoms with van der Waals surface area (Å²) in [6.07, 6.45) is 14.8. The fourth-order valence-electron chi connectivity index (χ4n) is 2.91. The molecule has 0 fully saturated rings. The molecule has 1 N–H and O–H groups in total. The van der Waals surface area contributed by atoms with Crippen LogP contribution in [0.15, 0.2) is 12.2 Å². The van der Waals surface area contributed by atoms with Crippen molar-refractivity contribution in [2.24, 2.45) is 0 Å². The first-order valence-electron chi connectivity index (χ1n) is 9.75. The van der Waals surface area contributed by atoms with Gasteiger partial charge in [-0.25, -0.2) is 4.79 Å². The van der Waals surface area contributed by atoms with Crippen LogP contribution >= 0.6 is 0 Å². The molecular formula is C20H39NO2. The fraction of sp³-hybridized carbons (Fsp3) is 0.850. The lowest BCUT2D eigenvalue weighted by Crippen LogP contribution is -2.23. The summed E-state index contributed by atoms with van der Waals surface area (Å²) in [7, 11) is 0. The van der Waals surface area contributed by atoms with Crippen LogP contribution in [0.2, 0.25) is 0 Å². The van der Waals surface area contributed by atoms with E-state index in [4.69, 9.17) is 5.11 Å². The van der Waals surface area contributed by atoms with E-state index in [0.29, 0.717) is 12.0 Å². The van der Waals surface area contributed by atoms with Crippen molar-refractivity contribution in [3.05, 3.63) is 12.2 Å². The highest BCUT2D eigenvalue weighted by Gasteiger charge is 2.02. The summed E-state index contributed by atoms with van der Waals surface area (Å²) in [6.45, 7) is 11.7. The van der Waals surface area contributed by atoms with E-state index < -0.39 is 5.97 Å². The maximum Gasteiger partial charge on any atom is 0.330 e. The van der Waals surface area contributed by atoms with Crippen LogP contribution < -0.4 is 0 Å². The predicted molar refractivity (Wildman–Crippen MR) is 100.0 cm³/mol. The van der Waals surface area contributed by atoms with Gasteiger partial charge < -0.3 is 10.0 Å². The van der Waals surface area contributed by atoms with E-state index in [-0.39, 0.29) is 0 Å². The average Bonchev–Trinajstić information content (AvgIpc) is 2.55. The van der Waals surface area contributed by atoms with Crippen molar-refractivity contribution in [3.63, 3.8) is 0 Å². The highest BCUT2D eigenvalue weighted by atomic mass is 16.4. The van der Waals surface area contributed by atoms with Crippen molar-refractivity contribution in [3.8, 4) is 0 Å². The molecule has 0 aliphatic heterocycles. The van der Waals surface area contributed by atoms with Gasteiger partial charge in [0.15, 0.2) is 0 Å². The Morgan fingerprint density at radius 3 is 1.57 bits per heavy atom. The lowest BCUT2D eigenvalue weighted by Gasteiger charge is -2.17. The minimum absolute atomic E-state index is 0.353. The molecule has 3 nitrogen and oxygen atoms in total. The average molecular weight is 326 g/mol.